The number of carbonyl (C=O) groups excluding carboxylic acids is 2. The lowest BCUT2D eigenvalue weighted by molar-refractivity contribution is -0.117. The SMILES string of the molecule is CCNC(=O)c1ccc(NC(=O)CN(CC)CC)cc1. The first-order chi connectivity index (χ1) is 9.60. The van der Waals surface area contributed by atoms with Crippen molar-refractivity contribution in [2.24, 2.45) is 0 Å². The van der Waals surface area contributed by atoms with Crippen molar-refractivity contribution in [3.63, 3.8) is 0 Å². The third-order valence-electron chi connectivity index (χ3n) is 3.03. The first-order valence-corrected chi connectivity index (χ1v) is 7.01. The van der Waals surface area contributed by atoms with E-state index in [1.807, 2.05) is 25.7 Å². The van der Waals surface area contributed by atoms with Crippen molar-refractivity contribution in [3.8, 4) is 0 Å². The van der Waals surface area contributed by atoms with Crippen LogP contribution >= 0.6 is 0 Å². The zero-order valence-electron chi connectivity index (χ0n) is 12.4. The molecule has 0 atom stereocenters. The van der Waals surface area contributed by atoms with E-state index in [9.17, 15) is 9.59 Å². The van der Waals surface area contributed by atoms with Gasteiger partial charge in [0.2, 0.25) is 5.91 Å². The fourth-order valence-electron chi connectivity index (χ4n) is 1.82. The Morgan fingerprint density at radius 3 is 2.15 bits per heavy atom. The average Bonchev–Trinajstić information content (AvgIpc) is 2.45. The maximum atomic E-state index is 11.8. The van der Waals surface area contributed by atoms with Gasteiger partial charge in [-0.05, 0) is 44.3 Å². The van der Waals surface area contributed by atoms with Crippen LogP contribution in [0.2, 0.25) is 0 Å². The van der Waals surface area contributed by atoms with E-state index >= 15 is 0 Å². The van der Waals surface area contributed by atoms with Gasteiger partial charge in [-0.1, -0.05) is 13.8 Å². The predicted octanol–water partition coefficient (Wildman–Crippen LogP) is 1.72. The number of benzene rings is 1. The second-order valence-electron chi connectivity index (χ2n) is 4.45. The minimum Gasteiger partial charge on any atom is -0.352 e. The second kappa shape index (κ2) is 8.32. The van der Waals surface area contributed by atoms with Crippen LogP contribution in [-0.4, -0.2) is 42.9 Å². The summed E-state index contributed by atoms with van der Waals surface area (Å²) in [6, 6.07) is 6.89. The molecule has 0 aliphatic rings. The molecule has 0 fully saturated rings. The summed E-state index contributed by atoms with van der Waals surface area (Å²) in [5.41, 5.74) is 1.30. The molecule has 0 spiro atoms. The van der Waals surface area contributed by atoms with E-state index in [4.69, 9.17) is 0 Å². The molecule has 2 amide bonds. The van der Waals surface area contributed by atoms with E-state index < -0.39 is 0 Å². The van der Waals surface area contributed by atoms with Crippen LogP contribution < -0.4 is 10.6 Å². The van der Waals surface area contributed by atoms with Crippen molar-refractivity contribution in [1.29, 1.82) is 0 Å². The molecule has 0 aliphatic heterocycles. The van der Waals surface area contributed by atoms with Crippen LogP contribution in [0, 0.1) is 0 Å². The summed E-state index contributed by atoms with van der Waals surface area (Å²) in [6.07, 6.45) is 0. The summed E-state index contributed by atoms with van der Waals surface area (Å²) < 4.78 is 0. The van der Waals surface area contributed by atoms with Gasteiger partial charge in [0.15, 0.2) is 0 Å². The van der Waals surface area contributed by atoms with Crippen LogP contribution in [0.25, 0.3) is 0 Å². The van der Waals surface area contributed by atoms with Gasteiger partial charge in [0.1, 0.15) is 0 Å². The Hall–Kier alpha value is -1.88. The quantitative estimate of drug-likeness (QED) is 0.797. The highest BCUT2D eigenvalue weighted by molar-refractivity contribution is 5.96. The van der Waals surface area contributed by atoms with E-state index in [1.54, 1.807) is 24.3 Å². The Morgan fingerprint density at radius 2 is 1.65 bits per heavy atom. The molecular weight excluding hydrogens is 254 g/mol. The number of anilines is 1. The molecule has 110 valence electrons. The van der Waals surface area contributed by atoms with E-state index in [0.29, 0.717) is 24.3 Å². The molecule has 0 saturated carbocycles. The molecule has 1 aromatic rings. The second-order valence-corrected chi connectivity index (χ2v) is 4.45. The van der Waals surface area contributed by atoms with Crippen molar-refractivity contribution in [3.05, 3.63) is 29.8 Å². The number of nitrogens with zero attached hydrogens (tertiary/aromatic N) is 1. The van der Waals surface area contributed by atoms with Crippen molar-refractivity contribution >= 4 is 17.5 Å². The van der Waals surface area contributed by atoms with Gasteiger partial charge in [-0.2, -0.15) is 0 Å². The van der Waals surface area contributed by atoms with Gasteiger partial charge in [0.25, 0.3) is 5.91 Å². The maximum Gasteiger partial charge on any atom is 0.251 e. The monoisotopic (exact) mass is 277 g/mol. The van der Waals surface area contributed by atoms with Gasteiger partial charge in [-0.25, -0.2) is 0 Å². The molecule has 0 radical (unpaired) electrons. The van der Waals surface area contributed by atoms with Crippen molar-refractivity contribution in [2.75, 3.05) is 31.5 Å². The molecule has 2 N–H and O–H groups in total. The molecule has 0 heterocycles. The zero-order valence-corrected chi connectivity index (χ0v) is 12.4. The molecular formula is C15H23N3O2. The van der Waals surface area contributed by atoms with Gasteiger partial charge in [0, 0.05) is 17.8 Å². The van der Waals surface area contributed by atoms with Crippen molar-refractivity contribution in [1.82, 2.24) is 10.2 Å². The Bertz CT molecular complexity index is 439. The lowest BCUT2D eigenvalue weighted by Crippen LogP contribution is -2.32. The van der Waals surface area contributed by atoms with Gasteiger partial charge in [-0.3, -0.25) is 14.5 Å². The van der Waals surface area contributed by atoms with Gasteiger partial charge in [0.05, 0.1) is 6.54 Å². The van der Waals surface area contributed by atoms with Crippen molar-refractivity contribution in [2.45, 2.75) is 20.8 Å². The number of hydrogen-bond acceptors (Lipinski definition) is 3. The van der Waals surface area contributed by atoms with Gasteiger partial charge < -0.3 is 10.6 Å². The smallest absolute Gasteiger partial charge is 0.251 e. The first-order valence-electron chi connectivity index (χ1n) is 7.01. The normalized spacial score (nSPS) is 10.4. The van der Waals surface area contributed by atoms with Crippen molar-refractivity contribution < 1.29 is 9.59 Å². The Labute approximate surface area is 120 Å². The summed E-state index contributed by atoms with van der Waals surface area (Å²) in [5, 5.41) is 5.56. The summed E-state index contributed by atoms with van der Waals surface area (Å²) in [4.78, 5) is 25.5. The van der Waals surface area contributed by atoms with Crippen LogP contribution in [0.4, 0.5) is 5.69 Å². The largest absolute Gasteiger partial charge is 0.352 e. The highest BCUT2D eigenvalue weighted by Gasteiger charge is 2.08. The number of amides is 2. The lowest BCUT2D eigenvalue weighted by Gasteiger charge is -2.17. The van der Waals surface area contributed by atoms with E-state index in [1.165, 1.54) is 0 Å². The Morgan fingerprint density at radius 1 is 1.05 bits per heavy atom. The first kappa shape index (κ1) is 16.2. The molecule has 1 aromatic carbocycles. The van der Waals surface area contributed by atoms with Gasteiger partial charge in [-0.15, -0.1) is 0 Å². The molecule has 5 heteroatoms. The molecule has 0 unspecified atom stereocenters. The highest BCUT2D eigenvalue weighted by atomic mass is 16.2. The molecule has 0 bridgehead atoms. The Balaban J connectivity index is 2.57. The minimum absolute atomic E-state index is 0.0422. The number of carbonyl (C=O) groups is 2. The third-order valence-corrected chi connectivity index (χ3v) is 3.03. The number of rotatable bonds is 7. The average molecular weight is 277 g/mol. The van der Waals surface area contributed by atoms with Crippen LogP contribution in [0.1, 0.15) is 31.1 Å². The number of nitrogens with one attached hydrogen (secondary N) is 2. The van der Waals surface area contributed by atoms with Gasteiger partial charge >= 0.3 is 0 Å². The number of hydrogen-bond donors (Lipinski definition) is 2. The standard InChI is InChI=1S/C15H23N3O2/c1-4-16-15(20)12-7-9-13(10-8-12)17-14(19)11-18(5-2)6-3/h7-10H,4-6,11H2,1-3H3,(H,16,20)(H,17,19). The fraction of sp³-hybridized carbons (Fsp3) is 0.467. The fourth-order valence-corrected chi connectivity index (χ4v) is 1.82. The molecule has 5 nitrogen and oxygen atoms in total. The number of likely N-dealkylation sites (N-methyl/N-ethyl adjacent to an activating group) is 1. The van der Waals surface area contributed by atoms with Crippen LogP contribution in [0.5, 0.6) is 0 Å². The summed E-state index contributed by atoms with van der Waals surface area (Å²) in [7, 11) is 0. The summed E-state index contributed by atoms with van der Waals surface area (Å²) in [6.45, 7) is 8.60. The van der Waals surface area contributed by atoms with Crippen LogP contribution in [0.3, 0.4) is 0 Å². The molecule has 0 aromatic heterocycles. The zero-order chi connectivity index (χ0) is 15.0. The molecule has 0 saturated heterocycles. The third kappa shape index (κ3) is 5.01. The van der Waals surface area contributed by atoms with E-state index in [0.717, 1.165) is 13.1 Å². The topological polar surface area (TPSA) is 61.4 Å². The predicted molar refractivity (Wildman–Crippen MR) is 80.9 cm³/mol. The lowest BCUT2D eigenvalue weighted by atomic mass is 10.2. The molecule has 1 rings (SSSR count). The Kier molecular flexibility index (Phi) is 6.73. The van der Waals surface area contributed by atoms with E-state index in [2.05, 4.69) is 10.6 Å². The van der Waals surface area contributed by atoms with Crippen LogP contribution in [-0.2, 0) is 4.79 Å². The summed E-state index contributed by atoms with van der Waals surface area (Å²) in [5.74, 6) is -0.145. The minimum atomic E-state index is -0.103. The van der Waals surface area contributed by atoms with Crippen LogP contribution in [0.15, 0.2) is 24.3 Å². The maximum absolute atomic E-state index is 11.8. The summed E-state index contributed by atoms with van der Waals surface area (Å²) >= 11 is 0. The molecule has 20 heavy (non-hydrogen) atoms. The highest BCUT2D eigenvalue weighted by Crippen LogP contribution is 2.09. The molecule has 0 aliphatic carbocycles. The van der Waals surface area contributed by atoms with E-state index in [-0.39, 0.29) is 11.8 Å².